The van der Waals surface area contributed by atoms with Gasteiger partial charge in [0.05, 0.1) is 17.5 Å². The SMILES string of the molecule is CC(C)(C)OC(=O)N[C@H]1CN(S(=O)(=O)c2ccccc2)CC[C@H]2CC[C@@H](C(=O)N[C@@H]3CCOc4ccccc43)N2C1=O. The van der Waals surface area contributed by atoms with Crippen molar-refractivity contribution in [2.24, 2.45) is 0 Å². The molecular weight excluding hydrogens is 560 g/mol. The van der Waals surface area contributed by atoms with Crippen LogP contribution in [0.4, 0.5) is 4.79 Å². The molecule has 0 aliphatic carbocycles. The predicted molar refractivity (Wildman–Crippen MR) is 154 cm³/mol. The summed E-state index contributed by atoms with van der Waals surface area (Å²) in [6.45, 7) is 5.39. The van der Waals surface area contributed by atoms with Crippen LogP contribution in [0, 0.1) is 0 Å². The van der Waals surface area contributed by atoms with Gasteiger partial charge in [-0.15, -0.1) is 0 Å². The maximum absolute atomic E-state index is 14.1. The maximum Gasteiger partial charge on any atom is 0.408 e. The minimum absolute atomic E-state index is 0.103. The summed E-state index contributed by atoms with van der Waals surface area (Å²) in [5, 5.41) is 5.72. The summed E-state index contributed by atoms with van der Waals surface area (Å²) in [6.07, 6.45) is 1.08. The first kappa shape index (κ1) is 29.8. The highest BCUT2D eigenvalue weighted by atomic mass is 32.2. The van der Waals surface area contributed by atoms with Gasteiger partial charge in [-0.25, -0.2) is 13.2 Å². The lowest BCUT2D eigenvalue weighted by Crippen LogP contribution is -2.61. The first-order valence-electron chi connectivity index (χ1n) is 14.3. The van der Waals surface area contributed by atoms with Crippen LogP contribution in [0.1, 0.15) is 58.1 Å². The Balaban J connectivity index is 1.40. The lowest BCUT2D eigenvalue weighted by atomic mass is 10.00. The number of hydrogen-bond donors (Lipinski definition) is 2. The Bertz CT molecular complexity index is 1430. The van der Waals surface area contributed by atoms with Crippen LogP contribution in [0.2, 0.25) is 0 Å². The standard InChI is InChI=1S/C30H38N4O7S/c1-30(2,3)41-29(37)32-24-19-33(42(38,39)21-9-5-4-6-10-21)17-15-20-13-14-25(34(20)28(24)36)27(35)31-23-16-18-40-26-12-8-7-11-22(23)26/h4-12,20,23-25H,13-19H2,1-3H3,(H,31,35)(H,32,37)/t20-,23-,24+,25+/m1/s1. The number of rotatable bonds is 5. The van der Waals surface area contributed by atoms with E-state index >= 15 is 0 Å². The molecule has 42 heavy (non-hydrogen) atoms. The topological polar surface area (TPSA) is 134 Å². The average molecular weight is 599 g/mol. The first-order valence-corrected chi connectivity index (χ1v) is 15.8. The van der Waals surface area contributed by atoms with Gasteiger partial charge in [-0.2, -0.15) is 4.31 Å². The number of ether oxygens (including phenoxy) is 2. The molecule has 3 aliphatic heterocycles. The lowest BCUT2D eigenvalue weighted by molar-refractivity contribution is -0.143. The molecular formula is C30H38N4O7S. The summed E-state index contributed by atoms with van der Waals surface area (Å²) >= 11 is 0. The monoisotopic (exact) mass is 598 g/mol. The van der Waals surface area contributed by atoms with E-state index in [-0.39, 0.29) is 36.0 Å². The van der Waals surface area contributed by atoms with Crippen LogP contribution in [0.5, 0.6) is 5.75 Å². The Morgan fingerprint density at radius 2 is 1.64 bits per heavy atom. The number of sulfonamides is 1. The van der Waals surface area contributed by atoms with E-state index in [4.69, 9.17) is 9.47 Å². The van der Waals surface area contributed by atoms with Crippen LogP contribution in [0.25, 0.3) is 0 Å². The number of amides is 3. The Morgan fingerprint density at radius 1 is 0.929 bits per heavy atom. The normalized spacial score (nSPS) is 24.8. The predicted octanol–water partition coefficient (Wildman–Crippen LogP) is 2.97. The highest BCUT2D eigenvalue weighted by molar-refractivity contribution is 7.89. The Kier molecular flexibility index (Phi) is 8.47. The molecule has 5 rings (SSSR count). The second-order valence-electron chi connectivity index (χ2n) is 11.9. The van der Waals surface area contributed by atoms with Crippen molar-refractivity contribution in [3.05, 3.63) is 60.2 Å². The van der Waals surface area contributed by atoms with E-state index in [0.29, 0.717) is 32.3 Å². The fourth-order valence-corrected chi connectivity index (χ4v) is 7.37. The van der Waals surface area contributed by atoms with Crippen molar-refractivity contribution in [1.29, 1.82) is 0 Å². The van der Waals surface area contributed by atoms with Crippen molar-refractivity contribution in [2.75, 3.05) is 19.7 Å². The van der Waals surface area contributed by atoms with Crippen molar-refractivity contribution in [3.63, 3.8) is 0 Å². The minimum atomic E-state index is -3.96. The molecule has 0 unspecified atom stereocenters. The number of alkyl carbamates (subject to hydrolysis) is 1. The third-order valence-corrected chi connectivity index (χ3v) is 9.68. The molecule has 2 N–H and O–H groups in total. The van der Waals surface area contributed by atoms with Gasteiger partial charge in [0.1, 0.15) is 23.4 Å². The molecule has 0 saturated carbocycles. The molecule has 3 aliphatic rings. The van der Waals surface area contributed by atoms with Gasteiger partial charge < -0.3 is 25.0 Å². The van der Waals surface area contributed by atoms with Crippen molar-refractivity contribution in [1.82, 2.24) is 19.8 Å². The molecule has 2 aromatic rings. The van der Waals surface area contributed by atoms with E-state index in [1.54, 1.807) is 43.9 Å². The van der Waals surface area contributed by atoms with E-state index in [0.717, 1.165) is 11.3 Å². The average Bonchev–Trinajstić information content (AvgIpc) is 3.36. The van der Waals surface area contributed by atoms with Gasteiger partial charge in [-0.1, -0.05) is 36.4 Å². The lowest BCUT2D eigenvalue weighted by Gasteiger charge is -2.38. The molecule has 0 aromatic heterocycles. The molecule has 4 atom stereocenters. The summed E-state index contributed by atoms with van der Waals surface area (Å²) < 4.78 is 39.6. The Hall–Kier alpha value is -3.64. The van der Waals surface area contributed by atoms with Crippen molar-refractivity contribution >= 4 is 27.9 Å². The van der Waals surface area contributed by atoms with E-state index in [2.05, 4.69) is 10.6 Å². The summed E-state index contributed by atoms with van der Waals surface area (Å²) in [4.78, 5) is 42.3. The third kappa shape index (κ3) is 6.39. The van der Waals surface area contributed by atoms with Crippen LogP contribution in [0.15, 0.2) is 59.5 Å². The molecule has 12 heteroatoms. The largest absolute Gasteiger partial charge is 0.493 e. The van der Waals surface area contributed by atoms with E-state index in [1.807, 2.05) is 24.3 Å². The molecule has 0 spiro atoms. The zero-order valence-corrected chi connectivity index (χ0v) is 24.9. The van der Waals surface area contributed by atoms with Gasteiger partial charge in [-0.05, 0) is 58.2 Å². The van der Waals surface area contributed by atoms with Crippen LogP contribution in [-0.2, 0) is 24.3 Å². The molecule has 0 radical (unpaired) electrons. The van der Waals surface area contributed by atoms with Crippen molar-refractivity contribution in [3.8, 4) is 5.75 Å². The summed E-state index contributed by atoms with van der Waals surface area (Å²) in [7, 11) is -3.96. The molecule has 11 nitrogen and oxygen atoms in total. The number of fused-ring (bicyclic) bond motifs is 2. The second kappa shape index (κ2) is 11.9. The highest BCUT2D eigenvalue weighted by Crippen LogP contribution is 2.34. The number of carbonyl (C=O) groups is 3. The first-order chi connectivity index (χ1) is 19.9. The van der Waals surface area contributed by atoms with Gasteiger partial charge >= 0.3 is 6.09 Å². The number of benzene rings is 2. The zero-order chi connectivity index (χ0) is 30.1. The van der Waals surface area contributed by atoms with E-state index < -0.39 is 39.7 Å². The fraction of sp³-hybridized carbons (Fsp3) is 0.500. The number of hydrogen-bond acceptors (Lipinski definition) is 7. The molecule has 0 bridgehead atoms. The van der Waals surface area contributed by atoms with Gasteiger partial charge in [0.15, 0.2) is 0 Å². The van der Waals surface area contributed by atoms with Crippen LogP contribution >= 0.6 is 0 Å². The Labute approximate surface area is 246 Å². The summed E-state index contributed by atoms with van der Waals surface area (Å²) in [6, 6.07) is 12.9. The Morgan fingerprint density at radius 3 is 2.38 bits per heavy atom. The molecule has 3 heterocycles. The van der Waals surface area contributed by atoms with Crippen LogP contribution < -0.4 is 15.4 Å². The second-order valence-corrected chi connectivity index (χ2v) is 13.8. The van der Waals surface area contributed by atoms with Crippen molar-refractivity contribution in [2.45, 2.75) is 81.1 Å². The summed E-state index contributed by atoms with van der Waals surface area (Å²) in [5.74, 6) is -0.0659. The van der Waals surface area contributed by atoms with Crippen LogP contribution in [0.3, 0.4) is 0 Å². The van der Waals surface area contributed by atoms with Gasteiger partial charge in [0.25, 0.3) is 0 Å². The number of para-hydroxylation sites is 1. The molecule has 3 amide bonds. The maximum atomic E-state index is 14.1. The van der Waals surface area contributed by atoms with Crippen molar-refractivity contribution < 1.29 is 32.3 Å². The number of carbonyl (C=O) groups excluding carboxylic acids is 3. The van der Waals surface area contributed by atoms with E-state index in [1.165, 1.54) is 16.4 Å². The van der Waals surface area contributed by atoms with E-state index in [9.17, 15) is 22.8 Å². The molecule has 2 saturated heterocycles. The zero-order valence-electron chi connectivity index (χ0n) is 24.1. The fourth-order valence-electron chi connectivity index (χ4n) is 5.88. The van der Waals surface area contributed by atoms with Gasteiger partial charge in [0, 0.05) is 31.1 Å². The van der Waals surface area contributed by atoms with Gasteiger partial charge in [0.2, 0.25) is 21.8 Å². The smallest absolute Gasteiger partial charge is 0.408 e. The highest BCUT2D eigenvalue weighted by Gasteiger charge is 2.47. The number of nitrogens with zero attached hydrogens (tertiary/aromatic N) is 2. The summed E-state index contributed by atoms with van der Waals surface area (Å²) in [5.41, 5.74) is 0.0558. The quantitative estimate of drug-likeness (QED) is 0.541. The van der Waals surface area contributed by atoms with Gasteiger partial charge in [-0.3, -0.25) is 9.59 Å². The van der Waals surface area contributed by atoms with Crippen LogP contribution in [-0.4, -0.2) is 79.0 Å². The molecule has 2 aromatic carbocycles. The number of nitrogens with one attached hydrogen (secondary N) is 2. The molecule has 226 valence electrons. The minimum Gasteiger partial charge on any atom is -0.493 e. The molecule has 2 fully saturated rings. The third-order valence-electron chi connectivity index (χ3n) is 7.80.